The minimum Gasteiger partial charge on any atom is -0.384 e. The summed E-state index contributed by atoms with van der Waals surface area (Å²) >= 11 is 6.04. The number of amides is 1. The summed E-state index contributed by atoms with van der Waals surface area (Å²) in [6.07, 6.45) is 1.39. The highest BCUT2D eigenvalue weighted by atomic mass is 35.5. The first-order chi connectivity index (χ1) is 10.0. The van der Waals surface area contributed by atoms with Crippen molar-refractivity contribution in [3.05, 3.63) is 52.4 Å². The molecular weight excluding hydrogens is 288 g/mol. The Morgan fingerprint density at radius 2 is 2.19 bits per heavy atom. The van der Waals surface area contributed by atoms with Gasteiger partial charge in [-0.1, -0.05) is 17.7 Å². The molecular formula is C15H17ClN4O. The summed E-state index contributed by atoms with van der Waals surface area (Å²) in [7, 11) is 0. The van der Waals surface area contributed by atoms with Gasteiger partial charge in [-0.15, -0.1) is 0 Å². The summed E-state index contributed by atoms with van der Waals surface area (Å²) in [6, 6.07) is 7.23. The van der Waals surface area contributed by atoms with E-state index in [1.807, 2.05) is 32.0 Å². The molecule has 0 fully saturated rings. The van der Waals surface area contributed by atoms with E-state index in [0.29, 0.717) is 23.7 Å². The molecule has 6 heteroatoms. The number of halogens is 1. The molecule has 0 aliphatic rings. The molecule has 0 aliphatic carbocycles. The minimum atomic E-state index is -0.181. The van der Waals surface area contributed by atoms with Crippen LogP contribution in [0.25, 0.3) is 0 Å². The Labute approximate surface area is 128 Å². The van der Waals surface area contributed by atoms with Crippen LogP contribution in [0.4, 0.5) is 5.82 Å². The molecule has 2 aromatic heterocycles. The number of nitrogen functional groups attached to an aromatic ring is 1. The van der Waals surface area contributed by atoms with Gasteiger partial charge in [-0.2, -0.15) is 0 Å². The Morgan fingerprint density at radius 1 is 1.43 bits per heavy atom. The maximum atomic E-state index is 12.6. The lowest BCUT2D eigenvalue weighted by Crippen LogP contribution is -2.31. The molecule has 0 spiro atoms. The topological polar surface area (TPSA) is 72.1 Å². The fourth-order valence-corrected chi connectivity index (χ4v) is 2.18. The van der Waals surface area contributed by atoms with Crippen LogP contribution in [-0.4, -0.2) is 27.3 Å². The van der Waals surface area contributed by atoms with Gasteiger partial charge in [0.25, 0.3) is 5.91 Å². The van der Waals surface area contributed by atoms with Crippen molar-refractivity contribution in [2.75, 3.05) is 12.3 Å². The Bertz CT molecular complexity index is 660. The third-order valence-electron chi connectivity index (χ3n) is 3.07. The van der Waals surface area contributed by atoms with E-state index in [1.54, 1.807) is 4.90 Å². The fraction of sp³-hybridized carbons (Fsp3) is 0.267. The second-order valence-corrected chi connectivity index (χ2v) is 5.09. The molecule has 0 radical (unpaired) electrons. The zero-order valence-corrected chi connectivity index (χ0v) is 12.8. The first-order valence-electron chi connectivity index (χ1n) is 6.64. The van der Waals surface area contributed by atoms with Gasteiger partial charge in [0.15, 0.2) is 0 Å². The molecule has 0 aliphatic heterocycles. The van der Waals surface area contributed by atoms with Gasteiger partial charge in [0, 0.05) is 18.4 Å². The van der Waals surface area contributed by atoms with Crippen LogP contribution in [0.5, 0.6) is 0 Å². The van der Waals surface area contributed by atoms with Crippen molar-refractivity contribution >= 4 is 23.3 Å². The molecule has 110 valence electrons. The molecule has 2 heterocycles. The second kappa shape index (κ2) is 6.54. The first kappa shape index (κ1) is 15.3. The summed E-state index contributed by atoms with van der Waals surface area (Å²) < 4.78 is 0. The van der Waals surface area contributed by atoms with E-state index in [0.717, 1.165) is 11.4 Å². The highest BCUT2D eigenvalue weighted by Crippen LogP contribution is 2.19. The number of aromatic nitrogens is 2. The Kier molecular flexibility index (Phi) is 4.75. The molecule has 1 amide bonds. The first-order valence-corrected chi connectivity index (χ1v) is 7.02. The number of aryl methyl sites for hydroxylation is 1. The average Bonchev–Trinajstić information content (AvgIpc) is 2.46. The van der Waals surface area contributed by atoms with Gasteiger partial charge in [0.1, 0.15) is 5.82 Å². The van der Waals surface area contributed by atoms with E-state index in [-0.39, 0.29) is 11.7 Å². The van der Waals surface area contributed by atoms with Gasteiger partial charge in [-0.25, -0.2) is 4.98 Å². The van der Waals surface area contributed by atoms with Crippen molar-refractivity contribution in [1.82, 2.24) is 14.9 Å². The summed E-state index contributed by atoms with van der Waals surface area (Å²) in [5.74, 6) is 0.0902. The van der Waals surface area contributed by atoms with Gasteiger partial charge in [-0.05, 0) is 32.0 Å². The number of nitrogens with zero attached hydrogens (tertiary/aromatic N) is 3. The number of rotatable bonds is 4. The molecule has 0 saturated heterocycles. The molecule has 5 nitrogen and oxygen atoms in total. The van der Waals surface area contributed by atoms with Crippen LogP contribution in [0.1, 0.15) is 28.7 Å². The second-order valence-electron chi connectivity index (χ2n) is 4.68. The van der Waals surface area contributed by atoms with Gasteiger partial charge in [0.2, 0.25) is 0 Å². The predicted octanol–water partition coefficient (Wildman–Crippen LogP) is 2.68. The highest BCUT2D eigenvalue weighted by molar-refractivity contribution is 6.33. The Balaban J connectivity index is 2.24. The maximum absolute atomic E-state index is 12.6. The fourth-order valence-electron chi connectivity index (χ4n) is 2.00. The lowest BCUT2D eigenvalue weighted by atomic mass is 10.2. The van der Waals surface area contributed by atoms with Gasteiger partial charge < -0.3 is 10.6 Å². The van der Waals surface area contributed by atoms with E-state index < -0.39 is 0 Å². The highest BCUT2D eigenvalue weighted by Gasteiger charge is 2.18. The van der Waals surface area contributed by atoms with E-state index >= 15 is 0 Å². The van der Waals surface area contributed by atoms with Crippen LogP contribution < -0.4 is 5.73 Å². The monoisotopic (exact) mass is 304 g/mol. The van der Waals surface area contributed by atoms with Crippen LogP contribution in [0, 0.1) is 6.92 Å². The number of hydrogen-bond donors (Lipinski definition) is 1. The average molecular weight is 305 g/mol. The third kappa shape index (κ3) is 3.70. The number of pyridine rings is 2. The van der Waals surface area contributed by atoms with Gasteiger partial charge >= 0.3 is 0 Å². The van der Waals surface area contributed by atoms with Crippen LogP contribution >= 0.6 is 11.6 Å². The smallest absolute Gasteiger partial charge is 0.255 e. The molecule has 0 aromatic carbocycles. The summed E-state index contributed by atoms with van der Waals surface area (Å²) in [4.78, 5) is 22.5. The van der Waals surface area contributed by atoms with Crippen LogP contribution in [0.2, 0.25) is 5.02 Å². The molecule has 2 N–H and O–H groups in total. The van der Waals surface area contributed by atoms with Crippen molar-refractivity contribution in [1.29, 1.82) is 0 Å². The molecule has 21 heavy (non-hydrogen) atoms. The standard InChI is InChI=1S/C15H17ClN4O/c1-3-20(9-11-6-4-5-10(2)19-11)15(21)12-7-14(17)18-8-13(12)16/h4-8H,3,9H2,1-2H3,(H2,17,18). The van der Waals surface area contributed by atoms with Gasteiger partial charge in [-0.3, -0.25) is 9.78 Å². The van der Waals surface area contributed by atoms with Crippen molar-refractivity contribution in [3.8, 4) is 0 Å². The number of nitrogens with two attached hydrogens (primary N) is 1. The number of anilines is 1. The van der Waals surface area contributed by atoms with Crippen molar-refractivity contribution < 1.29 is 4.79 Å². The van der Waals surface area contributed by atoms with E-state index in [9.17, 15) is 4.79 Å². The van der Waals surface area contributed by atoms with Crippen molar-refractivity contribution in [3.63, 3.8) is 0 Å². The van der Waals surface area contributed by atoms with Crippen molar-refractivity contribution in [2.45, 2.75) is 20.4 Å². The van der Waals surface area contributed by atoms with Crippen LogP contribution in [0.3, 0.4) is 0 Å². The number of carbonyl (C=O) groups is 1. The predicted molar refractivity (Wildman–Crippen MR) is 83.0 cm³/mol. The van der Waals surface area contributed by atoms with E-state index in [4.69, 9.17) is 17.3 Å². The number of hydrogen-bond acceptors (Lipinski definition) is 4. The summed E-state index contributed by atoms with van der Waals surface area (Å²) in [5, 5.41) is 0.296. The third-order valence-corrected chi connectivity index (χ3v) is 3.38. The molecule has 0 saturated carbocycles. The molecule has 0 atom stereocenters. The SMILES string of the molecule is CCN(Cc1cccc(C)n1)C(=O)c1cc(N)ncc1Cl. The lowest BCUT2D eigenvalue weighted by Gasteiger charge is -2.21. The summed E-state index contributed by atoms with van der Waals surface area (Å²) in [6.45, 7) is 4.80. The zero-order chi connectivity index (χ0) is 15.4. The Morgan fingerprint density at radius 3 is 2.86 bits per heavy atom. The van der Waals surface area contributed by atoms with E-state index in [2.05, 4.69) is 9.97 Å². The van der Waals surface area contributed by atoms with Crippen LogP contribution in [-0.2, 0) is 6.54 Å². The van der Waals surface area contributed by atoms with Gasteiger partial charge in [0.05, 0.1) is 22.8 Å². The van der Waals surface area contributed by atoms with E-state index in [1.165, 1.54) is 12.3 Å². The lowest BCUT2D eigenvalue weighted by molar-refractivity contribution is 0.0750. The number of carbonyl (C=O) groups excluding carboxylic acids is 1. The zero-order valence-electron chi connectivity index (χ0n) is 12.0. The maximum Gasteiger partial charge on any atom is 0.255 e. The normalized spacial score (nSPS) is 10.4. The largest absolute Gasteiger partial charge is 0.384 e. The van der Waals surface area contributed by atoms with Crippen LogP contribution in [0.15, 0.2) is 30.5 Å². The Hall–Kier alpha value is -2.14. The molecule has 2 aromatic rings. The molecule has 2 rings (SSSR count). The van der Waals surface area contributed by atoms with Crippen molar-refractivity contribution in [2.24, 2.45) is 0 Å². The summed E-state index contributed by atoms with van der Waals surface area (Å²) in [5.41, 5.74) is 7.74. The molecule has 0 unspecified atom stereocenters. The quantitative estimate of drug-likeness (QED) is 0.942. The minimum absolute atomic E-state index is 0.181. The molecule has 0 bridgehead atoms.